The van der Waals surface area contributed by atoms with Gasteiger partial charge < -0.3 is 5.32 Å². The Morgan fingerprint density at radius 2 is 1.90 bits per heavy atom. The van der Waals surface area contributed by atoms with Crippen molar-refractivity contribution in [1.82, 2.24) is 9.78 Å². The summed E-state index contributed by atoms with van der Waals surface area (Å²) >= 11 is 1.51. The van der Waals surface area contributed by atoms with Gasteiger partial charge >= 0.3 is 6.03 Å². The molecule has 0 saturated heterocycles. The van der Waals surface area contributed by atoms with Crippen LogP contribution in [0.25, 0.3) is 0 Å². The van der Waals surface area contributed by atoms with Gasteiger partial charge in [0.15, 0.2) is 0 Å². The number of hydrogen-bond acceptors (Lipinski definition) is 3. The van der Waals surface area contributed by atoms with Gasteiger partial charge in [0.1, 0.15) is 5.03 Å². The molecule has 2 aromatic rings. The van der Waals surface area contributed by atoms with E-state index in [2.05, 4.69) is 31.2 Å². The van der Waals surface area contributed by atoms with Crippen LogP contribution in [0.1, 0.15) is 26.5 Å². The minimum atomic E-state index is -0.240. The van der Waals surface area contributed by atoms with Crippen LogP contribution in [0.3, 0.4) is 0 Å². The van der Waals surface area contributed by atoms with Crippen molar-refractivity contribution in [3.63, 3.8) is 0 Å². The molecule has 0 fully saturated rings. The van der Waals surface area contributed by atoms with E-state index in [1.165, 1.54) is 16.4 Å². The number of hydrogen-bond donors (Lipinski definition) is 1. The Balaban J connectivity index is 2.28. The number of thioether (sulfide) groups is 1. The first-order valence-corrected chi connectivity index (χ1v) is 7.65. The smallest absolute Gasteiger partial charge is 0.306 e. The molecular weight excluding hydrogens is 270 g/mol. The second-order valence-electron chi connectivity index (χ2n) is 5.53. The summed E-state index contributed by atoms with van der Waals surface area (Å²) in [6.07, 6.45) is 1.94. The number of nitrogens with zero attached hydrogens (tertiary/aromatic N) is 2. The van der Waals surface area contributed by atoms with Crippen LogP contribution < -0.4 is 5.32 Å². The lowest BCUT2D eigenvalue weighted by Gasteiger charge is -2.14. The quantitative estimate of drug-likeness (QED) is 0.851. The van der Waals surface area contributed by atoms with Crippen LogP contribution in [-0.2, 0) is 5.41 Å². The summed E-state index contributed by atoms with van der Waals surface area (Å²) < 4.78 is 1.43. The molecule has 0 aliphatic heterocycles. The fourth-order valence-electron chi connectivity index (χ4n) is 1.72. The molecular formula is C15H19N3OS. The molecule has 1 aromatic heterocycles. The van der Waals surface area contributed by atoms with Crippen molar-refractivity contribution < 1.29 is 4.79 Å². The predicted octanol–water partition coefficient (Wildman–Crippen LogP) is 3.98. The molecule has 1 heterocycles. The van der Waals surface area contributed by atoms with Crippen LogP contribution in [0, 0.1) is 0 Å². The number of amides is 1. The molecule has 0 aliphatic rings. The van der Waals surface area contributed by atoms with Crippen molar-refractivity contribution >= 4 is 23.5 Å². The molecule has 1 aromatic carbocycles. The second-order valence-corrected chi connectivity index (χ2v) is 6.36. The molecule has 0 bridgehead atoms. The van der Waals surface area contributed by atoms with E-state index in [0.717, 1.165) is 16.4 Å². The van der Waals surface area contributed by atoms with E-state index in [4.69, 9.17) is 0 Å². The largest absolute Gasteiger partial charge is 0.347 e. The third kappa shape index (κ3) is 3.22. The third-order valence-corrected chi connectivity index (χ3v) is 3.58. The van der Waals surface area contributed by atoms with Crippen molar-refractivity contribution in [2.24, 2.45) is 0 Å². The van der Waals surface area contributed by atoms with Crippen LogP contribution in [0.5, 0.6) is 0 Å². The van der Waals surface area contributed by atoms with Crippen molar-refractivity contribution in [2.45, 2.75) is 31.2 Å². The second kappa shape index (κ2) is 5.71. The summed E-state index contributed by atoms with van der Waals surface area (Å²) in [6, 6.07) is 11.1. The molecule has 20 heavy (non-hydrogen) atoms. The molecule has 106 valence electrons. The number of benzene rings is 1. The van der Waals surface area contributed by atoms with Crippen LogP contribution in [0.15, 0.2) is 41.4 Å². The van der Waals surface area contributed by atoms with E-state index in [-0.39, 0.29) is 11.4 Å². The summed E-state index contributed by atoms with van der Waals surface area (Å²) in [5, 5.41) is 8.11. The van der Waals surface area contributed by atoms with Crippen molar-refractivity contribution in [2.75, 3.05) is 11.6 Å². The monoisotopic (exact) mass is 289 g/mol. The van der Waals surface area contributed by atoms with Gasteiger partial charge in [0.25, 0.3) is 0 Å². The molecule has 1 amide bonds. The molecule has 0 aliphatic carbocycles. The Labute approximate surface area is 123 Å². The summed E-state index contributed by atoms with van der Waals surface area (Å²) in [7, 11) is 0. The number of carbonyl (C=O) groups is 1. The molecule has 5 heteroatoms. The van der Waals surface area contributed by atoms with E-state index in [1.54, 1.807) is 0 Å². The molecule has 4 nitrogen and oxygen atoms in total. The third-order valence-electron chi connectivity index (χ3n) is 2.87. The lowest BCUT2D eigenvalue weighted by atomic mass is 9.93. The molecule has 0 radical (unpaired) electrons. The summed E-state index contributed by atoms with van der Waals surface area (Å²) in [5.74, 6) is 0. The van der Waals surface area contributed by atoms with Gasteiger partial charge in [-0.1, -0.05) is 39.0 Å². The zero-order valence-electron chi connectivity index (χ0n) is 12.2. The number of nitrogens with one attached hydrogen (secondary N) is 1. The predicted molar refractivity (Wildman–Crippen MR) is 83.6 cm³/mol. The molecule has 0 saturated carbocycles. The lowest BCUT2D eigenvalue weighted by molar-refractivity contribution is 0.249. The Bertz CT molecular complexity index is 599. The number of rotatable bonds is 2. The summed E-state index contributed by atoms with van der Waals surface area (Å²) in [6.45, 7) is 6.25. The van der Waals surface area contributed by atoms with Crippen molar-refractivity contribution in [1.29, 1.82) is 0 Å². The SMILES string of the molecule is CSc1cc(C(C)(C)C)nn1C(=O)Nc1ccccc1. The van der Waals surface area contributed by atoms with E-state index in [9.17, 15) is 4.79 Å². The maximum absolute atomic E-state index is 12.3. The van der Waals surface area contributed by atoms with Gasteiger partial charge in [0.2, 0.25) is 0 Å². The zero-order valence-corrected chi connectivity index (χ0v) is 13.0. The highest BCUT2D eigenvalue weighted by Gasteiger charge is 2.22. The van der Waals surface area contributed by atoms with Crippen LogP contribution in [0.4, 0.5) is 10.5 Å². The summed E-state index contributed by atoms with van der Waals surface area (Å²) in [5.41, 5.74) is 1.59. The van der Waals surface area contributed by atoms with Gasteiger partial charge in [-0.05, 0) is 24.5 Å². The first-order chi connectivity index (χ1) is 9.41. The van der Waals surface area contributed by atoms with E-state index in [0.29, 0.717) is 0 Å². The van der Waals surface area contributed by atoms with E-state index < -0.39 is 0 Å². The Hall–Kier alpha value is -1.75. The van der Waals surface area contributed by atoms with Crippen LogP contribution in [0.2, 0.25) is 0 Å². The van der Waals surface area contributed by atoms with Crippen molar-refractivity contribution in [3.05, 3.63) is 42.1 Å². The molecule has 1 N–H and O–H groups in total. The van der Waals surface area contributed by atoms with Gasteiger partial charge in [-0.3, -0.25) is 0 Å². The van der Waals surface area contributed by atoms with E-state index >= 15 is 0 Å². The normalized spacial score (nSPS) is 11.4. The first kappa shape index (κ1) is 14.7. The van der Waals surface area contributed by atoms with E-state index in [1.807, 2.05) is 42.7 Å². The topological polar surface area (TPSA) is 46.9 Å². The molecule has 0 unspecified atom stereocenters. The minimum Gasteiger partial charge on any atom is -0.306 e. The Kier molecular flexibility index (Phi) is 4.18. The standard InChI is InChI=1S/C15H19N3OS/c1-15(2,3)12-10-13(20-4)18(17-12)14(19)16-11-8-6-5-7-9-11/h5-10H,1-4H3,(H,16,19). The van der Waals surface area contributed by atoms with Gasteiger partial charge in [0.05, 0.1) is 5.69 Å². The molecule has 2 rings (SSSR count). The number of anilines is 1. The zero-order chi connectivity index (χ0) is 14.8. The maximum atomic E-state index is 12.3. The summed E-state index contributed by atoms with van der Waals surface area (Å²) in [4.78, 5) is 12.3. The Morgan fingerprint density at radius 1 is 1.25 bits per heavy atom. The minimum absolute atomic E-state index is 0.0806. The maximum Gasteiger partial charge on any atom is 0.347 e. The molecule has 0 spiro atoms. The highest BCUT2D eigenvalue weighted by atomic mass is 32.2. The number of aromatic nitrogens is 2. The fourth-order valence-corrected chi connectivity index (χ4v) is 2.25. The number of para-hydroxylation sites is 1. The van der Waals surface area contributed by atoms with Gasteiger partial charge in [-0.15, -0.1) is 11.8 Å². The van der Waals surface area contributed by atoms with Gasteiger partial charge in [0, 0.05) is 11.1 Å². The average molecular weight is 289 g/mol. The van der Waals surface area contributed by atoms with Crippen LogP contribution in [-0.4, -0.2) is 22.1 Å². The average Bonchev–Trinajstić information content (AvgIpc) is 2.84. The number of carbonyl (C=O) groups excluding carboxylic acids is 1. The fraction of sp³-hybridized carbons (Fsp3) is 0.333. The lowest BCUT2D eigenvalue weighted by Crippen LogP contribution is -2.22. The van der Waals surface area contributed by atoms with Gasteiger partial charge in [-0.25, -0.2) is 4.79 Å². The highest BCUT2D eigenvalue weighted by molar-refractivity contribution is 7.98. The molecule has 0 atom stereocenters. The Morgan fingerprint density at radius 3 is 2.45 bits per heavy atom. The first-order valence-electron chi connectivity index (χ1n) is 6.43. The highest BCUT2D eigenvalue weighted by Crippen LogP contribution is 2.25. The van der Waals surface area contributed by atoms with Crippen molar-refractivity contribution in [3.8, 4) is 0 Å². The van der Waals surface area contributed by atoms with Gasteiger partial charge in [-0.2, -0.15) is 9.78 Å². The van der Waals surface area contributed by atoms with Crippen LogP contribution >= 0.6 is 11.8 Å².